The summed E-state index contributed by atoms with van der Waals surface area (Å²) in [6.07, 6.45) is 9.04. The number of rotatable bonds is 5. The lowest BCUT2D eigenvalue weighted by Crippen LogP contribution is -2.39. The summed E-state index contributed by atoms with van der Waals surface area (Å²) in [6, 6.07) is 13.1. The van der Waals surface area contributed by atoms with Crippen LogP contribution in [0.25, 0.3) is 11.3 Å². The normalized spacial score (nSPS) is 16.0. The summed E-state index contributed by atoms with van der Waals surface area (Å²) < 4.78 is 6.06. The van der Waals surface area contributed by atoms with Crippen molar-refractivity contribution in [1.29, 1.82) is 0 Å². The topological polar surface area (TPSA) is 85.0 Å². The van der Waals surface area contributed by atoms with Gasteiger partial charge < -0.3 is 9.32 Å². The molecule has 1 aliphatic heterocycles. The number of aromatic nitrogens is 4. The Morgan fingerprint density at radius 2 is 1.97 bits per heavy atom. The third-order valence-corrected chi connectivity index (χ3v) is 5.96. The Hall–Kier alpha value is -3.58. The van der Waals surface area contributed by atoms with Gasteiger partial charge in [0.1, 0.15) is 17.8 Å². The molecule has 4 heterocycles. The van der Waals surface area contributed by atoms with Crippen LogP contribution < -0.4 is 0 Å². The van der Waals surface area contributed by atoms with Crippen molar-refractivity contribution in [2.75, 3.05) is 13.1 Å². The Morgan fingerprint density at radius 3 is 2.82 bits per heavy atom. The van der Waals surface area contributed by atoms with Crippen molar-refractivity contribution >= 4 is 17.5 Å². The molecule has 3 aromatic heterocycles. The molecule has 166 valence electrons. The molecule has 1 aromatic carbocycles. The van der Waals surface area contributed by atoms with Crippen LogP contribution in [0.15, 0.2) is 71.8 Å². The lowest BCUT2D eigenvalue weighted by Gasteiger charge is -2.31. The average molecular weight is 460 g/mol. The summed E-state index contributed by atoms with van der Waals surface area (Å²) >= 11 is 6.08. The molecule has 1 aliphatic rings. The van der Waals surface area contributed by atoms with Crippen LogP contribution in [-0.4, -0.2) is 43.8 Å². The zero-order valence-electron chi connectivity index (χ0n) is 17.9. The molecule has 1 atom stereocenters. The molecule has 0 aliphatic carbocycles. The minimum Gasteiger partial charge on any atom is -0.445 e. The van der Waals surface area contributed by atoms with E-state index in [1.807, 2.05) is 41.3 Å². The highest BCUT2D eigenvalue weighted by Gasteiger charge is 2.29. The van der Waals surface area contributed by atoms with Crippen LogP contribution in [0.2, 0.25) is 5.02 Å². The number of likely N-dealkylation sites (tertiary alicyclic amines) is 1. The van der Waals surface area contributed by atoms with E-state index in [4.69, 9.17) is 16.0 Å². The Morgan fingerprint density at radius 1 is 1.12 bits per heavy atom. The van der Waals surface area contributed by atoms with Gasteiger partial charge in [-0.2, -0.15) is 0 Å². The van der Waals surface area contributed by atoms with Crippen molar-refractivity contribution in [1.82, 2.24) is 24.8 Å². The number of halogens is 1. The number of hydrogen-bond donors (Lipinski definition) is 0. The zero-order chi connectivity index (χ0) is 22.6. The molecule has 7 nitrogen and oxygen atoms in total. The first-order chi connectivity index (χ1) is 16.2. The van der Waals surface area contributed by atoms with Crippen molar-refractivity contribution in [3.05, 3.63) is 95.3 Å². The number of hydrogen-bond acceptors (Lipinski definition) is 6. The van der Waals surface area contributed by atoms with Gasteiger partial charge in [-0.15, -0.1) is 0 Å². The fourth-order valence-electron chi connectivity index (χ4n) is 4.11. The predicted octanol–water partition coefficient (Wildman–Crippen LogP) is 4.79. The molecule has 0 saturated carbocycles. The lowest BCUT2D eigenvalue weighted by atomic mass is 9.97. The number of amides is 1. The smallest absolute Gasteiger partial charge is 0.272 e. The second kappa shape index (κ2) is 9.50. The second-order valence-corrected chi connectivity index (χ2v) is 8.53. The van der Waals surface area contributed by atoms with Crippen molar-refractivity contribution in [2.45, 2.75) is 25.2 Å². The average Bonchev–Trinajstić information content (AvgIpc) is 3.33. The predicted molar refractivity (Wildman–Crippen MR) is 124 cm³/mol. The van der Waals surface area contributed by atoms with E-state index < -0.39 is 0 Å². The molecule has 8 heteroatoms. The van der Waals surface area contributed by atoms with Crippen LogP contribution in [0.5, 0.6) is 0 Å². The third-order valence-electron chi connectivity index (χ3n) is 5.72. The molecule has 33 heavy (non-hydrogen) atoms. The molecule has 0 spiro atoms. The van der Waals surface area contributed by atoms with Gasteiger partial charge in [-0.1, -0.05) is 29.8 Å². The molecular formula is C25H22ClN5O2. The Balaban J connectivity index is 1.28. The summed E-state index contributed by atoms with van der Waals surface area (Å²) in [5.74, 6) is 1.42. The number of carbonyl (C=O) groups excluding carboxylic acids is 1. The van der Waals surface area contributed by atoms with E-state index >= 15 is 0 Å². The number of nitrogens with zero attached hydrogens (tertiary/aromatic N) is 5. The first kappa shape index (κ1) is 21.3. The molecule has 0 bridgehead atoms. The monoisotopic (exact) mass is 459 g/mol. The van der Waals surface area contributed by atoms with Crippen LogP contribution in [0.4, 0.5) is 0 Å². The highest BCUT2D eigenvalue weighted by Crippen LogP contribution is 2.28. The number of piperidine rings is 1. The quantitative estimate of drug-likeness (QED) is 0.426. The highest BCUT2D eigenvalue weighted by atomic mass is 35.5. The van der Waals surface area contributed by atoms with Gasteiger partial charge in [0.2, 0.25) is 0 Å². The maximum atomic E-state index is 13.2. The first-order valence-corrected chi connectivity index (χ1v) is 11.2. The number of pyridine rings is 1. The van der Waals surface area contributed by atoms with E-state index in [9.17, 15) is 4.79 Å². The molecule has 1 amide bonds. The fourth-order valence-corrected chi connectivity index (χ4v) is 4.33. The van der Waals surface area contributed by atoms with Gasteiger partial charge in [-0.3, -0.25) is 4.79 Å². The number of benzene rings is 1. The summed E-state index contributed by atoms with van der Waals surface area (Å²) in [5.41, 5.74) is 2.93. The van der Waals surface area contributed by atoms with Crippen molar-refractivity contribution < 1.29 is 9.21 Å². The Labute approximate surface area is 196 Å². The highest BCUT2D eigenvalue weighted by molar-refractivity contribution is 6.30. The van der Waals surface area contributed by atoms with Gasteiger partial charge in [0.15, 0.2) is 5.89 Å². The zero-order valence-corrected chi connectivity index (χ0v) is 18.7. The molecule has 1 saturated heterocycles. The molecule has 1 fully saturated rings. The lowest BCUT2D eigenvalue weighted by molar-refractivity contribution is 0.0692. The van der Waals surface area contributed by atoms with Gasteiger partial charge in [0.05, 0.1) is 17.8 Å². The molecule has 0 unspecified atom stereocenters. The van der Waals surface area contributed by atoms with E-state index in [0.717, 1.165) is 29.7 Å². The number of carbonyl (C=O) groups is 1. The van der Waals surface area contributed by atoms with Gasteiger partial charge in [0.25, 0.3) is 5.91 Å². The van der Waals surface area contributed by atoms with E-state index in [-0.39, 0.29) is 11.8 Å². The summed E-state index contributed by atoms with van der Waals surface area (Å²) in [7, 11) is 0. The molecule has 0 radical (unpaired) electrons. The van der Waals surface area contributed by atoms with E-state index in [1.165, 1.54) is 6.33 Å². The van der Waals surface area contributed by atoms with Crippen LogP contribution in [0.3, 0.4) is 0 Å². The number of oxazole rings is 1. The molecule has 0 N–H and O–H groups in total. The summed E-state index contributed by atoms with van der Waals surface area (Å²) in [5, 5.41) is 0.700. The van der Waals surface area contributed by atoms with E-state index in [2.05, 4.69) is 19.9 Å². The second-order valence-electron chi connectivity index (χ2n) is 8.10. The largest absolute Gasteiger partial charge is 0.445 e. The minimum atomic E-state index is -0.0934. The molecule has 4 aromatic rings. The summed E-state index contributed by atoms with van der Waals surface area (Å²) in [4.78, 5) is 32.2. The standard InChI is InChI=1S/C25H22ClN5O2/c26-20-6-1-4-17(10-20)11-21-14-29-24(33-21)18-5-3-9-31(15-18)25(32)23-8-2-7-22(30-23)19-12-27-16-28-13-19/h1-2,4,6-8,10,12-14,16,18H,3,5,9,11,15H2/t18-/m0/s1. The van der Waals surface area contributed by atoms with E-state index in [0.29, 0.717) is 41.8 Å². The van der Waals surface area contributed by atoms with Gasteiger partial charge in [-0.25, -0.2) is 19.9 Å². The fraction of sp³-hybridized carbons (Fsp3) is 0.240. The summed E-state index contributed by atoms with van der Waals surface area (Å²) in [6.45, 7) is 1.24. The van der Waals surface area contributed by atoms with Crippen LogP contribution in [0.1, 0.15) is 46.5 Å². The van der Waals surface area contributed by atoms with Crippen LogP contribution >= 0.6 is 11.6 Å². The maximum Gasteiger partial charge on any atom is 0.272 e. The van der Waals surface area contributed by atoms with Crippen molar-refractivity contribution in [3.63, 3.8) is 0 Å². The molecular weight excluding hydrogens is 438 g/mol. The first-order valence-electron chi connectivity index (χ1n) is 10.9. The van der Waals surface area contributed by atoms with Gasteiger partial charge >= 0.3 is 0 Å². The van der Waals surface area contributed by atoms with Crippen molar-refractivity contribution in [2.24, 2.45) is 0 Å². The SMILES string of the molecule is O=C(c1cccc(-c2cncnc2)n1)N1CCC[C@H](c2ncc(Cc3cccc(Cl)c3)o2)C1. The van der Waals surface area contributed by atoms with Gasteiger partial charge in [-0.05, 0) is 42.7 Å². The van der Waals surface area contributed by atoms with Crippen molar-refractivity contribution in [3.8, 4) is 11.3 Å². The minimum absolute atomic E-state index is 0.0570. The van der Waals surface area contributed by atoms with E-state index in [1.54, 1.807) is 24.7 Å². The van der Waals surface area contributed by atoms with Gasteiger partial charge in [0, 0.05) is 42.5 Å². The molecule has 5 rings (SSSR count). The van der Waals surface area contributed by atoms with Crippen LogP contribution in [0, 0.1) is 0 Å². The Kier molecular flexibility index (Phi) is 6.13. The Bertz CT molecular complexity index is 1260. The van der Waals surface area contributed by atoms with Crippen LogP contribution in [-0.2, 0) is 6.42 Å². The maximum absolute atomic E-state index is 13.2. The third kappa shape index (κ3) is 4.93.